The fraction of sp³-hybridized carbons (Fsp3) is 0.333. The zero-order valence-electron chi connectivity index (χ0n) is 20.3. The zero-order chi connectivity index (χ0) is 24.3. The van der Waals surface area contributed by atoms with Crippen molar-refractivity contribution in [3.8, 4) is 17.1 Å². The van der Waals surface area contributed by atoms with Gasteiger partial charge in [-0.15, -0.1) is 0 Å². The molecule has 0 fully saturated rings. The van der Waals surface area contributed by atoms with Crippen molar-refractivity contribution in [1.29, 1.82) is 0 Å². The second kappa shape index (κ2) is 9.35. The predicted molar refractivity (Wildman–Crippen MR) is 131 cm³/mol. The summed E-state index contributed by atoms with van der Waals surface area (Å²) in [5.74, 6) is 1.85. The molecule has 0 radical (unpaired) electrons. The van der Waals surface area contributed by atoms with E-state index in [1.165, 1.54) is 0 Å². The van der Waals surface area contributed by atoms with Gasteiger partial charge in [0.05, 0.1) is 23.1 Å². The zero-order valence-corrected chi connectivity index (χ0v) is 20.3. The number of hydrogen-bond acceptors (Lipinski definition) is 7. The molecule has 0 aliphatic carbocycles. The van der Waals surface area contributed by atoms with E-state index in [2.05, 4.69) is 42.0 Å². The van der Waals surface area contributed by atoms with Gasteiger partial charge in [0, 0.05) is 17.2 Å². The lowest BCUT2D eigenvalue weighted by Crippen LogP contribution is -2.32. The molecule has 0 spiro atoms. The van der Waals surface area contributed by atoms with E-state index in [4.69, 9.17) is 20.0 Å². The van der Waals surface area contributed by atoms with Crippen LogP contribution >= 0.6 is 0 Å². The second-order valence-corrected chi connectivity index (χ2v) is 9.54. The van der Waals surface area contributed by atoms with E-state index in [-0.39, 0.29) is 5.92 Å². The van der Waals surface area contributed by atoms with Crippen LogP contribution in [0.25, 0.3) is 11.4 Å². The van der Waals surface area contributed by atoms with E-state index in [1.54, 1.807) is 12.4 Å². The van der Waals surface area contributed by atoms with Gasteiger partial charge in [-0.2, -0.15) is 4.98 Å². The summed E-state index contributed by atoms with van der Waals surface area (Å²) in [7, 11) is 0. The molecule has 34 heavy (non-hydrogen) atoms. The molecule has 2 N–H and O–H groups in total. The predicted octanol–water partition coefficient (Wildman–Crippen LogP) is 5.26. The Kier molecular flexibility index (Phi) is 6.48. The van der Waals surface area contributed by atoms with Crippen LogP contribution in [-0.2, 0) is 17.6 Å². The van der Waals surface area contributed by atoms with Crippen molar-refractivity contribution in [2.24, 2.45) is 11.7 Å². The quantitative estimate of drug-likeness (QED) is 0.385. The number of aromatic nitrogens is 4. The van der Waals surface area contributed by atoms with Gasteiger partial charge in [-0.1, -0.05) is 49.3 Å². The first-order chi connectivity index (χ1) is 16.2. The first-order valence-corrected chi connectivity index (χ1v) is 11.4. The van der Waals surface area contributed by atoms with Gasteiger partial charge in [0.15, 0.2) is 0 Å². The molecule has 3 heterocycles. The van der Waals surface area contributed by atoms with E-state index in [0.717, 1.165) is 22.5 Å². The third-order valence-corrected chi connectivity index (χ3v) is 6.24. The first-order valence-electron chi connectivity index (χ1n) is 11.4. The molecule has 0 bridgehead atoms. The standard InChI is InChI=1S/C27H31N5O2/c1-18(2)27(5,23-14-13-20(16-30-23)33-17-19-10-8-9-15-29-19)22-12-7-6-11-21(22)24-31-25(34-32-24)26(3,4)28/h6-16,18H,17,28H2,1-5H3. The number of hydrogen-bond donors (Lipinski definition) is 1. The second-order valence-electron chi connectivity index (χ2n) is 9.54. The van der Waals surface area contributed by atoms with Crippen LogP contribution in [0.15, 0.2) is 71.5 Å². The highest BCUT2D eigenvalue weighted by Gasteiger charge is 2.37. The maximum atomic E-state index is 6.17. The van der Waals surface area contributed by atoms with Gasteiger partial charge < -0.3 is 15.0 Å². The normalized spacial score (nSPS) is 13.6. The van der Waals surface area contributed by atoms with Gasteiger partial charge in [-0.3, -0.25) is 9.97 Å². The topological polar surface area (TPSA) is 100.0 Å². The minimum atomic E-state index is -0.714. The third-order valence-electron chi connectivity index (χ3n) is 6.24. The first kappa shape index (κ1) is 23.6. The average molecular weight is 458 g/mol. The monoisotopic (exact) mass is 457 g/mol. The van der Waals surface area contributed by atoms with Gasteiger partial charge in [-0.05, 0) is 56.5 Å². The number of ether oxygens (including phenoxy) is 1. The molecule has 0 aliphatic rings. The molecule has 1 unspecified atom stereocenters. The molecule has 0 amide bonds. The molecule has 4 aromatic rings. The van der Waals surface area contributed by atoms with E-state index in [9.17, 15) is 0 Å². The van der Waals surface area contributed by atoms with Crippen LogP contribution in [0.5, 0.6) is 5.75 Å². The maximum absolute atomic E-state index is 6.17. The fourth-order valence-corrected chi connectivity index (χ4v) is 3.88. The Labute approximate surface area is 200 Å². The number of benzene rings is 1. The van der Waals surface area contributed by atoms with Crippen molar-refractivity contribution in [2.75, 3.05) is 0 Å². The van der Waals surface area contributed by atoms with E-state index < -0.39 is 11.0 Å². The summed E-state index contributed by atoms with van der Waals surface area (Å²) in [4.78, 5) is 13.7. The van der Waals surface area contributed by atoms with Crippen LogP contribution in [-0.4, -0.2) is 20.1 Å². The highest BCUT2D eigenvalue weighted by molar-refractivity contribution is 5.63. The van der Waals surface area contributed by atoms with E-state index in [0.29, 0.717) is 24.1 Å². The third kappa shape index (κ3) is 4.70. The van der Waals surface area contributed by atoms with Gasteiger partial charge in [-0.25, -0.2) is 0 Å². The average Bonchev–Trinajstić information content (AvgIpc) is 3.34. The molecule has 176 valence electrons. The summed E-state index contributed by atoms with van der Waals surface area (Å²) < 4.78 is 11.4. The number of nitrogens with zero attached hydrogens (tertiary/aromatic N) is 4. The molecule has 0 aliphatic heterocycles. The Balaban J connectivity index is 1.67. The summed E-state index contributed by atoms with van der Waals surface area (Å²) in [6, 6.07) is 17.9. The van der Waals surface area contributed by atoms with Crippen molar-refractivity contribution < 1.29 is 9.26 Å². The Morgan fingerprint density at radius 1 is 0.971 bits per heavy atom. The molecule has 0 saturated carbocycles. The maximum Gasteiger partial charge on any atom is 0.246 e. The minimum Gasteiger partial charge on any atom is -0.486 e. The lowest BCUT2D eigenvalue weighted by atomic mass is 9.69. The van der Waals surface area contributed by atoms with Gasteiger partial charge in [0.2, 0.25) is 11.7 Å². The molecular formula is C27H31N5O2. The fourth-order valence-electron chi connectivity index (χ4n) is 3.88. The van der Waals surface area contributed by atoms with Crippen LogP contribution in [0.2, 0.25) is 0 Å². The Hall–Kier alpha value is -3.58. The minimum absolute atomic E-state index is 0.235. The van der Waals surface area contributed by atoms with Crippen molar-refractivity contribution >= 4 is 0 Å². The number of pyridine rings is 2. The smallest absolute Gasteiger partial charge is 0.246 e. The van der Waals surface area contributed by atoms with Gasteiger partial charge in [0.25, 0.3) is 0 Å². The van der Waals surface area contributed by atoms with Crippen LogP contribution < -0.4 is 10.5 Å². The van der Waals surface area contributed by atoms with Crippen LogP contribution in [0.1, 0.15) is 57.5 Å². The van der Waals surface area contributed by atoms with Crippen molar-refractivity contribution in [1.82, 2.24) is 20.1 Å². The molecule has 0 saturated heterocycles. The highest BCUT2D eigenvalue weighted by Crippen LogP contribution is 2.42. The van der Waals surface area contributed by atoms with E-state index in [1.807, 2.05) is 62.4 Å². The Morgan fingerprint density at radius 2 is 1.74 bits per heavy atom. The largest absolute Gasteiger partial charge is 0.486 e. The highest BCUT2D eigenvalue weighted by atomic mass is 16.5. The summed E-state index contributed by atoms with van der Waals surface area (Å²) >= 11 is 0. The lowest BCUT2D eigenvalue weighted by molar-refractivity contribution is 0.299. The van der Waals surface area contributed by atoms with Crippen molar-refractivity contribution in [3.63, 3.8) is 0 Å². The summed E-state index contributed by atoms with van der Waals surface area (Å²) in [6.45, 7) is 10.7. The lowest BCUT2D eigenvalue weighted by Gasteiger charge is -2.35. The molecule has 7 nitrogen and oxygen atoms in total. The van der Waals surface area contributed by atoms with E-state index >= 15 is 0 Å². The molecule has 1 aromatic carbocycles. The molecule has 3 aromatic heterocycles. The summed E-state index contributed by atoms with van der Waals surface area (Å²) in [5.41, 5.74) is 8.81. The van der Waals surface area contributed by atoms with Crippen LogP contribution in [0, 0.1) is 5.92 Å². The summed E-state index contributed by atoms with van der Waals surface area (Å²) in [5, 5.41) is 4.23. The van der Waals surface area contributed by atoms with Crippen LogP contribution in [0.4, 0.5) is 0 Å². The van der Waals surface area contributed by atoms with Crippen molar-refractivity contribution in [3.05, 3.63) is 89.8 Å². The summed E-state index contributed by atoms with van der Waals surface area (Å²) in [6.07, 6.45) is 3.53. The number of rotatable bonds is 8. The number of nitrogens with two attached hydrogens (primary N) is 1. The van der Waals surface area contributed by atoms with Gasteiger partial charge in [0.1, 0.15) is 12.4 Å². The Morgan fingerprint density at radius 3 is 2.35 bits per heavy atom. The van der Waals surface area contributed by atoms with Crippen molar-refractivity contribution in [2.45, 2.75) is 52.2 Å². The molecule has 7 heteroatoms. The molecular weight excluding hydrogens is 426 g/mol. The van der Waals surface area contributed by atoms with Gasteiger partial charge >= 0.3 is 0 Å². The molecule has 1 atom stereocenters. The SMILES string of the molecule is CC(C)C(C)(c1ccc(OCc2ccccn2)cn1)c1ccccc1-c1noc(C(C)(C)N)n1. The van der Waals surface area contributed by atoms with Crippen LogP contribution in [0.3, 0.4) is 0 Å². The molecule has 4 rings (SSSR count). The Bertz CT molecular complexity index is 1230.